The first-order valence-corrected chi connectivity index (χ1v) is 4.58. The highest BCUT2D eigenvalue weighted by atomic mass is 19.1. The van der Waals surface area contributed by atoms with Crippen molar-refractivity contribution in [3.8, 4) is 0 Å². The average Bonchev–Trinajstić information content (AvgIpc) is 2.16. The fourth-order valence-corrected chi connectivity index (χ4v) is 1.02. The van der Waals surface area contributed by atoms with Crippen LogP contribution in [0.5, 0.6) is 0 Å². The molecule has 0 aliphatic heterocycles. The minimum atomic E-state index is -0.590. The second kappa shape index (κ2) is 4.91. The van der Waals surface area contributed by atoms with Crippen LogP contribution in [-0.4, -0.2) is 12.6 Å². The summed E-state index contributed by atoms with van der Waals surface area (Å²) in [6.45, 7) is 2.44. The lowest BCUT2D eigenvalue weighted by Crippen LogP contribution is -2.28. The van der Waals surface area contributed by atoms with E-state index < -0.39 is 11.6 Å². The minimum absolute atomic E-state index is 0.0144. The molecule has 4 heteroatoms. The van der Waals surface area contributed by atoms with Gasteiger partial charge in [-0.3, -0.25) is 0 Å². The minimum Gasteiger partial charge on any atom is -0.381 e. The van der Waals surface area contributed by atoms with Crippen molar-refractivity contribution < 1.29 is 8.78 Å². The molecule has 0 fully saturated rings. The lowest BCUT2D eigenvalue weighted by Gasteiger charge is -2.11. The van der Waals surface area contributed by atoms with Crippen molar-refractivity contribution in [2.75, 3.05) is 11.9 Å². The van der Waals surface area contributed by atoms with E-state index in [2.05, 4.69) is 5.32 Å². The zero-order chi connectivity index (χ0) is 10.6. The Balaban J connectivity index is 2.59. The van der Waals surface area contributed by atoms with Gasteiger partial charge in [-0.05, 0) is 18.6 Å². The van der Waals surface area contributed by atoms with Gasteiger partial charge in [0.05, 0.1) is 5.69 Å². The molecule has 1 aromatic rings. The molecule has 0 heterocycles. The highest BCUT2D eigenvalue weighted by Crippen LogP contribution is 2.14. The fraction of sp³-hybridized carbons (Fsp3) is 0.400. The van der Waals surface area contributed by atoms with Crippen molar-refractivity contribution in [3.05, 3.63) is 29.8 Å². The molecular formula is C10H14F2N2. The topological polar surface area (TPSA) is 38.0 Å². The molecule has 0 aliphatic rings. The lowest BCUT2D eigenvalue weighted by atomic mass is 10.2. The maximum absolute atomic E-state index is 13.1. The molecule has 0 aromatic heterocycles. The van der Waals surface area contributed by atoms with Crippen LogP contribution >= 0.6 is 0 Å². The molecule has 1 aromatic carbocycles. The Hall–Kier alpha value is -1.16. The van der Waals surface area contributed by atoms with E-state index >= 15 is 0 Å². The molecule has 14 heavy (non-hydrogen) atoms. The van der Waals surface area contributed by atoms with E-state index in [1.54, 1.807) is 0 Å². The van der Waals surface area contributed by atoms with Crippen molar-refractivity contribution in [1.29, 1.82) is 0 Å². The second-order valence-corrected chi connectivity index (χ2v) is 3.17. The van der Waals surface area contributed by atoms with Crippen molar-refractivity contribution >= 4 is 5.69 Å². The van der Waals surface area contributed by atoms with Gasteiger partial charge in [-0.25, -0.2) is 8.78 Å². The molecule has 0 bridgehead atoms. The third-order valence-electron chi connectivity index (χ3n) is 2.01. The van der Waals surface area contributed by atoms with E-state index in [1.165, 1.54) is 12.1 Å². The van der Waals surface area contributed by atoms with Crippen LogP contribution in [0.3, 0.4) is 0 Å². The molecule has 0 saturated heterocycles. The molecule has 0 radical (unpaired) electrons. The van der Waals surface area contributed by atoms with Crippen LogP contribution in [0, 0.1) is 11.6 Å². The Morgan fingerprint density at radius 1 is 1.43 bits per heavy atom. The Labute approximate surface area is 82.1 Å². The van der Waals surface area contributed by atoms with Crippen LogP contribution in [-0.2, 0) is 0 Å². The quantitative estimate of drug-likeness (QED) is 0.781. The van der Waals surface area contributed by atoms with Gasteiger partial charge < -0.3 is 11.1 Å². The van der Waals surface area contributed by atoms with E-state index in [0.717, 1.165) is 12.5 Å². The summed E-state index contributed by atoms with van der Waals surface area (Å²) in [5.41, 5.74) is 5.93. The Morgan fingerprint density at radius 2 is 2.14 bits per heavy atom. The van der Waals surface area contributed by atoms with Crippen LogP contribution in [0.1, 0.15) is 13.3 Å². The van der Waals surface area contributed by atoms with Crippen LogP contribution in [0.2, 0.25) is 0 Å². The SMILES string of the molecule is CCC(N)CNc1ccc(F)cc1F. The second-order valence-electron chi connectivity index (χ2n) is 3.17. The molecule has 3 N–H and O–H groups in total. The zero-order valence-electron chi connectivity index (χ0n) is 8.06. The van der Waals surface area contributed by atoms with E-state index in [9.17, 15) is 8.78 Å². The van der Waals surface area contributed by atoms with Crippen LogP contribution in [0.25, 0.3) is 0 Å². The van der Waals surface area contributed by atoms with Gasteiger partial charge >= 0.3 is 0 Å². The number of nitrogens with one attached hydrogen (secondary N) is 1. The molecule has 0 aliphatic carbocycles. The van der Waals surface area contributed by atoms with E-state index in [4.69, 9.17) is 5.73 Å². The number of anilines is 1. The smallest absolute Gasteiger partial charge is 0.149 e. The predicted molar refractivity (Wildman–Crippen MR) is 53.1 cm³/mol. The molecule has 1 rings (SSSR count). The molecule has 0 spiro atoms. The first kappa shape index (κ1) is 10.9. The fourth-order valence-electron chi connectivity index (χ4n) is 1.02. The summed E-state index contributed by atoms with van der Waals surface area (Å²) < 4.78 is 25.6. The van der Waals surface area contributed by atoms with E-state index in [-0.39, 0.29) is 11.7 Å². The standard InChI is InChI=1S/C10H14F2N2/c1-2-8(13)6-14-10-4-3-7(11)5-9(10)12/h3-5,8,14H,2,6,13H2,1H3. The number of hydrogen-bond acceptors (Lipinski definition) is 2. The van der Waals surface area contributed by atoms with Crippen molar-refractivity contribution in [1.82, 2.24) is 0 Å². The van der Waals surface area contributed by atoms with E-state index in [1.807, 2.05) is 6.92 Å². The molecule has 1 atom stereocenters. The first-order valence-electron chi connectivity index (χ1n) is 4.58. The van der Waals surface area contributed by atoms with Gasteiger partial charge in [0.25, 0.3) is 0 Å². The zero-order valence-corrected chi connectivity index (χ0v) is 8.06. The Kier molecular flexibility index (Phi) is 3.83. The maximum atomic E-state index is 13.1. The predicted octanol–water partition coefficient (Wildman–Crippen LogP) is 2.11. The van der Waals surface area contributed by atoms with E-state index in [0.29, 0.717) is 6.54 Å². The Morgan fingerprint density at radius 3 is 2.71 bits per heavy atom. The van der Waals surface area contributed by atoms with Gasteiger partial charge in [0, 0.05) is 18.7 Å². The Bertz CT molecular complexity index is 302. The summed E-state index contributed by atoms with van der Waals surface area (Å²) in [6.07, 6.45) is 0.815. The van der Waals surface area contributed by atoms with Gasteiger partial charge in [-0.15, -0.1) is 0 Å². The summed E-state index contributed by atoms with van der Waals surface area (Å²) in [6, 6.07) is 3.41. The molecule has 0 amide bonds. The summed E-state index contributed by atoms with van der Waals surface area (Å²) in [7, 11) is 0. The molecule has 78 valence electrons. The normalized spacial score (nSPS) is 12.6. The van der Waals surface area contributed by atoms with Crippen LogP contribution < -0.4 is 11.1 Å². The average molecular weight is 200 g/mol. The maximum Gasteiger partial charge on any atom is 0.149 e. The third-order valence-corrected chi connectivity index (χ3v) is 2.01. The molecule has 1 unspecified atom stereocenters. The molecule has 0 saturated carbocycles. The number of rotatable bonds is 4. The largest absolute Gasteiger partial charge is 0.381 e. The summed E-state index contributed by atoms with van der Waals surface area (Å²) in [5.74, 6) is -1.17. The monoisotopic (exact) mass is 200 g/mol. The van der Waals surface area contributed by atoms with Crippen molar-refractivity contribution in [3.63, 3.8) is 0 Å². The van der Waals surface area contributed by atoms with Crippen LogP contribution in [0.4, 0.5) is 14.5 Å². The van der Waals surface area contributed by atoms with Crippen molar-refractivity contribution in [2.24, 2.45) is 5.73 Å². The van der Waals surface area contributed by atoms with Crippen molar-refractivity contribution in [2.45, 2.75) is 19.4 Å². The summed E-state index contributed by atoms with van der Waals surface area (Å²) in [4.78, 5) is 0. The van der Waals surface area contributed by atoms with Gasteiger partial charge in [-0.1, -0.05) is 6.92 Å². The van der Waals surface area contributed by atoms with Gasteiger partial charge in [0.15, 0.2) is 0 Å². The summed E-state index contributed by atoms with van der Waals surface area (Å²) in [5, 5.41) is 2.82. The van der Waals surface area contributed by atoms with Crippen LogP contribution in [0.15, 0.2) is 18.2 Å². The number of hydrogen-bond donors (Lipinski definition) is 2. The number of halogens is 2. The number of nitrogens with two attached hydrogens (primary N) is 1. The highest BCUT2D eigenvalue weighted by molar-refractivity contribution is 5.44. The van der Waals surface area contributed by atoms with Gasteiger partial charge in [-0.2, -0.15) is 0 Å². The third kappa shape index (κ3) is 2.96. The highest BCUT2D eigenvalue weighted by Gasteiger charge is 2.04. The van der Waals surface area contributed by atoms with Gasteiger partial charge in [0.1, 0.15) is 11.6 Å². The summed E-state index contributed by atoms with van der Waals surface area (Å²) >= 11 is 0. The first-order chi connectivity index (χ1) is 6.63. The van der Waals surface area contributed by atoms with Gasteiger partial charge in [0.2, 0.25) is 0 Å². The number of benzene rings is 1. The lowest BCUT2D eigenvalue weighted by molar-refractivity contribution is 0.583. The molecule has 2 nitrogen and oxygen atoms in total. The molecular weight excluding hydrogens is 186 g/mol.